The fraction of sp³-hybridized carbons (Fsp3) is 0.350. The number of hydrogen-bond acceptors (Lipinski definition) is 1. The summed E-state index contributed by atoms with van der Waals surface area (Å²) in [6.45, 7) is 6.25. The summed E-state index contributed by atoms with van der Waals surface area (Å²) in [5, 5.41) is 3.19. The van der Waals surface area contributed by atoms with Gasteiger partial charge in [0.05, 0.1) is 6.04 Å². The minimum atomic E-state index is 0.0597. The zero-order valence-electron chi connectivity index (χ0n) is 13.5. The molecule has 1 saturated carbocycles. The molecule has 0 aliphatic heterocycles. The highest BCUT2D eigenvalue weighted by molar-refractivity contribution is 5.83. The van der Waals surface area contributed by atoms with Crippen molar-refractivity contribution in [3.63, 3.8) is 0 Å². The third kappa shape index (κ3) is 3.06. The lowest BCUT2D eigenvalue weighted by atomic mass is 10.00. The number of aryl methyl sites for hydroxylation is 2. The molecule has 2 heteroatoms. The van der Waals surface area contributed by atoms with Gasteiger partial charge in [-0.25, -0.2) is 0 Å². The van der Waals surface area contributed by atoms with E-state index >= 15 is 0 Å². The molecular formula is C20H23NO. The van der Waals surface area contributed by atoms with Gasteiger partial charge in [-0.1, -0.05) is 54.1 Å². The molecule has 0 radical (unpaired) electrons. The molecule has 0 aromatic heterocycles. The number of benzene rings is 2. The van der Waals surface area contributed by atoms with Crippen LogP contribution in [-0.4, -0.2) is 5.91 Å². The van der Waals surface area contributed by atoms with E-state index < -0.39 is 0 Å². The molecule has 2 aromatic rings. The first-order valence-corrected chi connectivity index (χ1v) is 7.98. The molecule has 1 aliphatic rings. The second-order valence-electron chi connectivity index (χ2n) is 6.45. The van der Waals surface area contributed by atoms with Crippen molar-refractivity contribution in [1.29, 1.82) is 0 Å². The molecule has 0 saturated heterocycles. The number of nitrogens with one attached hydrogen (secondary N) is 1. The molecule has 114 valence electrons. The SMILES string of the molecule is Cc1ccc(C)c([C@@H](C)NC(=O)[C@H]2C[C@@H]2c2ccccc2)c1. The van der Waals surface area contributed by atoms with Gasteiger partial charge < -0.3 is 5.32 Å². The highest BCUT2D eigenvalue weighted by atomic mass is 16.2. The highest BCUT2D eigenvalue weighted by Crippen LogP contribution is 2.47. The van der Waals surface area contributed by atoms with Crippen molar-refractivity contribution in [2.75, 3.05) is 0 Å². The average molecular weight is 293 g/mol. The summed E-state index contributed by atoms with van der Waals surface area (Å²) < 4.78 is 0. The zero-order valence-corrected chi connectivity index (χ0v) is 13.5. The van der Waals surface area contributed by atoms with Crippen LogP contribution in [0.4, 0.5) is 0 Å². The maximum absolute atomic E-state index is 12.5. The largest absolute Gasteiger partial charge is 0.349 e. The van der Waals surface area contributed by atoms with Crippen LogP contribution < -0.4 is 5.32 Å². The van der Waals surface area contributed by atoms with Crippen LogP contribution in [0.5, 0.6) is 0 Å². The molecule has 0 unspecified atom stereocenters. The Hall–Kier alpha value is -2.09. The van der Waals surface area contributed by atoms with Crippen LogP contribution in [0.3, 0.4) is 0 Å². The molecule has 0 heterocycles. The molecule has 2 nitrogen and oxygen atoms in total. The minimum Gasteiger partial charge on any atom is -0.349 e. The summed E-state index contributed by atoms with van der Waals surface area (Å²) in [5.41, 5.74) is 4.95. The van der Waals surface area contributed by atoms with E-state index in [4.69, 9.17) is 0 Å². The first kappa shape index (κ1) is 14.8. The summed E-state index contributed by atoms with van der Waals surface area (Å²) in [5.74, 6) is 0.712. The third-order valence-electron chi connectivity index (χ3n) is 4.61. The Morgan fingerprint density at radius 1 is 1.14 bits per heavy atom. The maximum Gasteiger partial charge on any atom is 0.224 e. The monoisotopic (exact) mass is 293 g/mol. The van der Waals surface area contributed by atoms with E-state index in [9.17, 15) is 4.79 Å². The number of carbonyl (C=O) groups is 1. The predicted octanol–water partition coefficient (Wildman–Crippen LogP) is 4.28. The van der Waals surface area contributed by atoms with Gasteiger partial charge in [0.25, 0.3) is 0 Å². The van der Waals surface area contributed by atoms with Crippen molar-refractivity contribution >= 4 is 5.91 Å². The van der Waals surface area contributed by atoms with Gasteiger partial charge in [0.2, 0.25) is 5.91 Å². The first-order valence-electron chi connectivity index (χ1n) is 7.98. The molecule has 22 heavy (non-hydrogen) atoms. The Morgan fingerprint density at radius 2 is 1.86 bits per heavy atom. The number of hydrogen-bond donors (Lipinski definition) is 1. The van der Waals surface area contributed by atoms with Crippen molar-refractivity contribution < 1.29 is 4.79 Å². The van der Waals surface area contributed by atoms with Crippen LogP contribution in [-0.2, 0) is 4.79 Å². The Kier molecular flexibility index (Phi) is 4.02. The van der Waals surface area contributed by atoms with Gasteiger partial charge in [-0.05, 0) is 49.8 Å². The van der Waals surface area contributed by atoms with E-state index in [1.54, 1.807) is 0 Å². The van der Waals surface area contributed by atoms with Crippen molar-refractivity contribution in [1.82, 2.24) is 5.32 Å². The normalized spacial score (nSPS) is 21.2. The minimum absolute atomic E-state index is 0.0597. The average Bonchev–Trinajstić information content (AvgIpc) is 3.31. The van der Waals surface area contributed by atoms with Crippen molar-refractivity contribution in [3.05, 3.63) is 70.8 Å². The van der Waals surface area contributed by atoms with Gasteiger partial charge in [-0.15, -0.1) is 0 Å². The van der Waals surface area contributed by atoms with Crippen molar-refractivity contribution in [3.8, 4) is 0 Å². The molecule has 0 spiro atoms. The van der Waals surface area contributed by atoms with Crippen LogP contribution in [0.15, 0.2) is 48.5 Å². The van der Waals surface area contributed by atoms with Crippen LogP contribution in [0.1, 0.15) is 47.6 Å². The standard InChI is InChI=1S/C20H23NO/c1-13-9-10-14(2)17(11-13)15(3)21-20(22)19-12-18(19)16-7-5-4-6-8-16/h4-11,15,18-19H,12H2,1-3H3,(H,21,22)/t15-,18-,19+/m1/s1. The predicted molar refractivity (Wildman–Crippen MR) is 89.8 cm³/mol. The molecule has 3 atom stereocenters. The van der Waals surface area contributed by atoms with Crippen LogP contribution in [0, 0.1) is 19.8 Å². The summed E-state index contributed by atoms with van der Waals surface area (Å²) in [6, 6.07) is 16.8. The van der Waals surface area contributed by atoms with Crippen molar-refractivity contribution in [2.24, 2.45) is 5.92 Å². The highest BCUT2D eigenvalue weighted by Gasteiger charge is 2.44. The van der Waals surface area contributed by atoms with Gasteiger partial charge in [-0.2, -0.15) is 0 Å². The van der Waals surface area contributed by atoms with Crippen LogP contribution in [0.25, 0.3) is 0 Å². The Balaban J connectivity index is 1.64. The molecular weight excluding hydrogens is 270 g/mol. The third-order valence-corrected chi connectivity index (χ3v) is 4.61. The second-order valence-corrected chi connectivity index (χ2v) is 6.45. The van der Waals surface area contributed by atoms with Gasteiger partial charge in [-0.3, -0.25) is 4.79 Å². The van der Waals surface area contributed by atoms with Gasteiger partial charge in [0, 0.05) is 5.92 Å². The van der Waals surface area contributed by atoms with E-state index in [2.05, 4.69) is 56.4 Å². The van der Waals surface area contributed by atoms with Gasteiger partial charge >= 0.3 is 0 Å². The summed E-state index contributed by atoms with van der Waals surface area (Å²) in [6.07, 6.45) is 0.968. The molecule has 1 N–H and O–H groups in total. The van der Waals surface area contributed by atoms with Crippen LogP contribution >= 0.6 is 0 Å². The van der Waals surface area contributed by atoms with E-state index in [0.29, 0.717) is 5.92 Å². The molecule has 1 aliphatic carbocycles. The topological polar surface area (TPSA) is 29.1 Å². The van der Waals surface area contributed by atoms with Gasteiger partial charge in [0.15, 0.2) is 0 Å². The number of amides is 1. The first-order chi connectivity index (χ1) is 10.6. The lowest BCUT2D eigenvalue weighted by Gasteiger charge is -2.17. The number of carbonyl (C=O) groups excluding carboxylic acids is 1. The Bertz CT molecular complexity index is 677. The van der Waals surface area contributed by atoms with Crippen LogP contribution in [0.2, 0.25) is 0 Å². The Labute approximate surface area is 132 Å². The quantitative estimate of drug-likeness (QED) is 0.895. The Morgan fingerprint density at radius 3 is 2.59 bits per heavy atom. The second kappa shape index (κ2) is 5.96. The van der Waals surface area contributed by atoms with E-state index in [1.165, 1.54) is 22.3 Å². The van der Waals surface area contributed by atoms with Gasteiger partial charge in [0.1, 0.15) is 0 Å². The maximum atomic E-state index is 12.5. The van der Waals surface area contributed by atoms with Crippen molar-refractivity contribution in [2.45, 2.75) is 39.2 Å². The lowest BCUT2D eigenvalue weighted by molar-refractivity contribution is -0.123. The summed E-state index contributed by atoms with van der Waals surface area (Å²) in [7, 11) is 0. The zero-order chi connectivity index (χ0) is 15.7. The number of rotatable bonds is 4. The van der Waals surface area contributed by atoms with E-state index in [1.807, 2.05) is 18.2 Å². The van der Waals surface area contributed by atoms with E-state index in [-0.39, 0.29) is 17.9 Å². The molecule has 0 bridgehead atoms. The fourth-order valence-corrected chi connectivity index (χ4v) is 3.18. The smallest absolute Gasteiger partial charge is 0.224 e. The molecule has 1 fully saturated rings. The van der Waals surface area contributed by atoms with E-state index in [0.717, 1.165) is 6.42 Å². The fourth-order valence-electron chi connectivity index (χ4n) is 3.18. The summed E-state index contributed by atoms with van der Waals surface area (Å²) in [4.78, 5) is 12.5. The lowest BCUT2D eigenvalue weighted by Crippen LogP contribution is -2.28. The molecule has 3 rings (SSSR count). The molecule has 1 amide bonds. The molecule has 2 aromatic carbocycles. The summed E-state index contributed by atoms with van der Waals surface area (Å²) >= 11 is 0.